The highest BCUT2D eigenvalue weighted by molar-refractivity contribution is 6.25. The van der Waals surface area contributed by atoms with E-state index >= 15 is 0 Å². The van der Waals surface area contributed by atoms with Crippen molar-refractivity contribution in [1.82, 2.24) is 0 Å². The van der Waals surface area contributed by atoms with Gasteiger partial charge in [0, 0.05) is 21.5 Å². The topological polar surface area (TPSA) is 13.1 Å². The summed E-state index contributed by atoms with van der Waals surface area (Å²) in [5.41, 5.74) is 7.25. The van der Waals surface area contributed by atoms with Gasteiger partial charge in [0.2, 0.25) is 0 Å². The molecular formula is C22H12O. The number of fused-ring (bicyclic) bond motifs is 7. The van der Waals surface area contributed by atoms with Crippen molar-refractivity contribution in [3.63, 3.8) is 0 Å². The zero-order valence-electron chi connectivity index (χ0n) is 12.3. The van der Waals surface area contributed by atoms with Crippen molar-refractivity contribution in [2.24, 2.45) is 0 Å². The van der Waals surface area contributed by atoms with Crippen molar-refractivity contribution in [1.29, 1.82) is 0 Å². The first kappa shape index (κ1) is 11.5. The molecule has 5 aromatic rings. The summed E-state index contributed by atoms with van der Waals surface area (Å²) in [5.74, 6) is 0. The molecule has 0 amide bonds. The molecule has 23 heavy (non-hydrogen) atoms. The van der Waals surface area contributed by atoms with Crippen molar-refractivity contribution < 1.29 is 4.42 Å². The fourth-order valence-electron chi connectivity index (χ4n) is 4.05. The first-order chi connectivity index (χ1) is 11.4. The molecule has 0 aliphatic heterocycles. The normalized spacial score (nSPS) is 12.3. The maximum absolute atomic E-state index is 6.20. The van der Waals surface area contributed by atoms with Crippen LogP contribution in [-0.2, 0) is 0 Å². The first-order valence-electron chi connectivity index (χ1n) is 7.88. The Morgan fingerprint density at radius 2 is 1.22 bits per heavy atom. The molecule has 1 heterocycles. The van der Waals surface area contributed by atoms with E-state index in [-0.39, 0.29) is 0 Å². The van der Waals surface area contributed by atoms with Gasteiger partial charge in [0.05, 0.1) is 0 Å². The molecule has 106 valence electrons. The molecule has 1 nitrogen and oxygen atoms in total. The second kappa shape index (κ2) is 3.82. The zero-order chi connectivity index (χ0) is 15.0. The first-order valence-corrected chi connectivity index (χ1v) is 7.88. The zero-order valence-corrected chi connectivity index (χ0v) is 12.3. The summed E-state index contributed by atoms with van der Waals surface area (Å²) in [6.07, 6.45) is 0. The Morgan fingerprint density at radius 1 is 0.522 bits per heavy atom. The monoisotopic (exact) mass is 292 g/mol. The van der Waals surface area contributed by atoms with Crippen LogP contribution < -0.4 is 0 Å². The third kappa shape index (κ3) is 1.29. The molecule has 0 spiro atoms. The summed E-state index contributed by atoms with van der Waals surface area (Å²) in [5, 5.41) is 4.93. The summed E-state index contributed by atoms with van der Waals surface area (Å²) >= 11 is 0. The van der Waals surface area contributed by atoms with Gasteiger partial charge < -0.3 is 4.42 Å². The van der Waals surface area contributed by atoms with Crippen molar-refractivity contribution >= 4 is 32.7 Å². The Bertz CT molecular complexity index is 1260. The van der Waals surface area contributed by atoms with Crippen LogP contribution in [0.5, 0.6) is 0 Å². The third-order valence-electron chi connectivity index (χ3n) is 5.01. The van der Waals surface area contributed by atoms with Gasteiger partial charge in [-0.3, -0.25) is 0 Å². The summed E-state index contributed by atoms with van der Waals surface area (Å²) in [4.78, 5) is 0. The van der Waals surface area contributed by atoms with Crippen molar-refractivity contribution in [2.45, 2.75) is 0 Å². The minimum Gasteiger partial charge on any atom is -0.455 e. The van der Waals surface area contributed by atoms with Crippen LogP contribution in [-0.4, -0.2) is 0 Å². The number of rotatable bonds is 0. The molecule has 4 aromatic carbocycles. The number of hydrogen-bond donors (Lipinski definition) is 0. The van der Waals surface area contributed by atoms with Gasteiger partial charge in [-0.1, -0.05) is 60.7 Å². The van der Waals surface area contributed by atoms with Gasteiger partial charge in [0.15, 0.2) is 0 Å². The van der Waals surface area contributed by atoms with Gasteiger partial charge in [-0.05, 0) is 34.4 Å². The Morgan fingerprint density at radius 3 is 2.13 bits per heavy atom. The molecule has 6 rings (SSSR count). The second-order valence-corrected chi connectivity index (χ2v) is 6.17. The highest BCUT2D eigenvalue weighted by Gasteiger charge is 2.23. The van der Waals surface area contributed by atoms with Crippen LogP contribution in [0.15, 0.2) is 77.2 Å². The minimum absolute atomic E-state index is 0.959. The molecule has 0 fully saturated rings. The van der Waals surface area contributed by atoms with Gasteiger partial charge in [-0.15, -0.1) is 0 Å². The summed E-state index contributed by atoms with van der Waals surface area (Å²) in [6.45, 7) is 0. The molecule has 0 saturated carbocycles. The van der Waals surface area contributed by atoms with Crippen LogP contribution in [0.3, 0.4) is 0 Å². The summed E-state index contributed by atoms with van der Waals surface area (Å²) in [7, 11) is 0. The average Bonchev–Trinajstić information content (AvgIpc) is 3.14. The van der Waals surface area contributed by atoms with Crippen molar-refractivity contribution in [3.05, 3.63) is 72.8 Å². The molecular weight excluding hydrogens is 280 g/mol. The average molecular weight is 292 g/mol. The summed E-state index contributed by atoms with van der Waals surface area (Å²) < 4.78 is 6.20. The fourth-order valence-corrected chi connectivity index (χ4v) is 4.05. The van der Waals surface area contributed by atoms with E-state index in [1.54, 1.807) is 0 Å². The van der Waals surface area contributed by atoms with Gasteiger partial charge >= 0.3 is 0 Å². The molecule has 1 heteroatoms. The van der Waals surface area contributed by atoms with E-state index in [1.165, 1.54) is 43.8 Å². The lowest BCUT2D eigenvalue weighted by Gasteiger charge is -2.03. The molecule has 0 unspecified atom stereocenters. The molecule has 0 radical (unpaired) electrons. The molecule has 0 saturated heterocycles. The van der Waals surface area contributed by atoms with Gasteiger partial charge in [-0.25, -0.2) is 0 Å². The van der Waals surface area contributed by atoms with E-state index in [1.807, 2.05) is 12.1 Å². The van der Waals surface area contributed by atoms with Crippen LogP contribution in [0.25, 0.3) is 55.0 Å². The molecule has 0 bridgehead atoms. The second-order valence-electron chi connectivity index (χ2n) is 6.17. The maximum Gasteiger partial charge on any atom is 0.143 e. The Kier molecular flexibility index (Phi) is 1.91. The Hall–Kier alpha value is -3.06. The van der Waals surface area contributed by atoms with E-state index in [0.29, 0.717) is 0 Å². The Labute approximate surface area is 132 Å². The molecule has 0 N–H and O–H groups in total. The largest absolute Gasteiger partial charge is 0.455 e. The van der Waals surface area contributed by atoms with Gasteiger partial charge in [-0.2, -0.15) is 0 Å². The van der Waals surface area contributed by atoms with Crippen molar-refractivity contribution in [2.75, 3.05) is 0 Å². The molecule has 1 aliphatic carbocycles. The van der Waals surface area contributed by atoms with E-state index in [0.717, 1.165) is 11.2 Å². The van der Waals surface area contributed by atoms with Crippen LogP contribution >= 0.6 is 0 Å². The molecule has 1 aromatic heterocycles. The minimum atomic E-state index is 0.959. The quantitative estimate of drug-likeness (QED) is 0.316. The Balaban J connectivity index is 1.94. The molecule has 0 atom stereocenters. The van der Waals surface area contributed by atoms with Crippen molar-refractivity contribution in [3.8, 4) is 22.3 Å². The molecule has 1 aliphatic rings. The van der Waals surface area contributed by atoms with Crippen LogP contribution in [0.4, 0.5) is 0 Å². The predicted molar refractivity (Wildman–Crippen MR) is 95.7 cm³/mol. The number of hydrogen-bond acceptors (Lipinski definition) is 1. The SMILES string of the molecule is c1ccc2c(c1)-c1cccc3c1c-2cc1c2ccccc2oc31. The van der Waals surface area contributed by atoms with E-state index in [2.05, 4.69) is 60.7 Å². The van der Waals surface area contributed by atoms with Gasteiger partial charge in [0.1, 0.15) is 11.2 Å². The van der Waals surface area contributed by atoms with E-state index in [4.69, 9.17) is 4.42 Å². The smallest absolute Gasteiger partial charge is 0.143 e. The highest BCUT2D eigenvalue weighted by Crippen LogP contribution is 2.50. The lowest BCUT2D eigenvalue weighted by atomic mass is 9.99. The lowest BCUT2D eigenvalue weighted by molar-refractivity contribution is 0.672. The lowest BCUT2D eigenvalue weighted by Crippen LogP contribution is -1.77. The van der Waals surface area contributed by atoms with E-state index in [9.17, 15) is 0 Å². The highest BCUT2D eigenvalue weighted by atomic mass is 16.3. The number of benzene rings is 4. The number of para-hydroxylation sites is 1. The fraction of sp³-hybridized carbons (Fsp3) is 0. The third-order valence-corrected chi connectivity index (χ3v) is 5.01. The predicted octanol–water partition coefficient (Wildman–Crippen LogP) is 6.39. The van der Waals surface area contributed by atoms with Crippen LogP contribution in [0.2, 0.25) is 0 Å². The van der Waals surface area contributed by atoms with Crippen LogP contribution in [0, 0.1) is 0 Å². The van der Waals surface area contributed by atoms with Gasteiger partial charge in [0.25, 0.3) is 0 Å². The van der Waals surface area contributed by atoms with Crippen LogP contribution in [0.1, 0.15) is 0 Å². The maximum atomic E-state index is 6.20. The van der Waals surface area contributed by atoms with E-state index < -0.39 is 0 Å². The summed E-state index contributed by atoms with van der Waals surface area (Å²) in [6, 6.07) is 25.8. The standard InChI is InChI=1S/C22H12O/c1-2-7-14-13(6-1)16-9-5-10-17-21(16)18(14)12-19-15-8-3-4-11-20(15)23-22(17)19/h1-12H. The number of furan rings is 1.